The van der Waals surface area contributed by atoms with Crippen LogP contribution in [0.25, 0.3) is 10.2 Å². The van der Waals surface area contributed by atoms with E-state index in [-0.39, 0.29) is 9.88 Å². The van der Waals surface area contributed by atoms with Gasteiger partial charge in [0.15, 0.2) is 5.13 Å². The van der Waals surface area contributed by atoms with Crippen molar-refractivity contribution in [3.63, 3.8) is 0 Å². The lowest BCUT2D eigenvalue weighted by Crippen LogP contribution is -2.07. The van der Waals surface area contributed by atoms with Crippen molar-refractivity contribution in [2.75, 3.05) is 19.0 Å². The molecule has 3 rings (SSSR count). The van der Waals surface area contributed by atoms with Gasteiger partial charge in [-0.1, -0.05) is 22.7 Å². The molecule has 0 spiro atoms. The number of rotatable bonds is 4. The molecule has 0 saturated heterocycles. The lowest BCUT2D eigenvalue weighted by Gasteiger charge is -2.04. The Bertz CT molecular complexity index is 900. The summed E-state index contributed by atoms with van der Waals surface area (Å²) in [6.45, 7) is 0. The van der Waals surface area contributed by atoms with Gasteiger partial charge < -0.3 is 9.64 Å². The van der Waals surface area contributed by atoms with E-state index in [9.17, 15) is 14.9 Å². The van der Waals surface area contributed by atoms with Gasteiger partial charge in [0.25, 0.3) is 0 Å². The molecule has 0 saturated carbocycles. The summed E-state index contributed by atoms with van der Waals surface area (Å²) in [6, 6.07) is 7.84. The lowest BCUT2D eigenvalue weighted by molar-refractivity contribution is -0.380. The third kappa shape index (κ3) is 3.15. The Kier molecular flexibility index (Phi) is 3.97. The SMILES string of the molecule is CN(C)c1nc2ccc(OC(=O)c3ccc([N+](=O)[O-])s3)cc2s1. The average Bonchev–Trinajstić information content (AvgIpc) is 3.13. The van der Waals surface area contributed by atoms with Crippen LogP contribution >= 0.6 is 22.7 Å². The van der Waals surface area contributed by atoms with E-state index in [1.807, 2.05) is 19.0 Å². The standard InChI is InChI=1S/C14H11N3O4S2/c1-16(2)14-15-9-4-3-8(7-11(9)23-14)21-13(18)10-5-6-12(22-10)17(19)20/h3-7H,1-2H3. The number of hydrogen-bond acceptors (Lipinski definition) is 8. The summed E-state index contributed by atoms with van der Waals surface area (Å²) in [7, 11) is 3.81. The smallest absolute Gasteiger partial charge is 0.353 e. The molecule has 0 N–H and O–H groups in total. The Hall–Kier alpha value is -2.52. The Morgan fingerprint density at radius 1 is 1.26 bits per heavy atom. The van der Waals surface area contributed by atoms with Crippen molar-refractivity contribution in [2.24, 2.45) is 0 Å². The van der Waals surface area contributed by atoms with Crippen LogP contribution in [0.2, 0.25) is 0 Å². The number of ether oxygens (including phenoxy) is 1. The van der Waals surface area contributed by atoms with Crippen molar-refractivity contribution >= 4 is 49.0 Å². The molecule has 0 aliphatic carbocycles. The van der Waals surface area contributed by atoms with Crippen LogP contribution in [0.5, 0.6) is 5.75 Å². The monoisotopic (exact) mass is 349 g/mol. The zero-order chi connectivity index (χ0) is 16.6. The van der Waals surface area contributed by atoms with Crippen molar-refractivity contribution in [3.8, 4) is 5.75 Å². The summed E-state index contributed by atoms with van der Waals surface area (Å²) in [5, 5.41) is 11.4. The van der Waals surface area contributed by atoms with Gasteiger partial charge in [0.2, 0.25) is 0 Å². The summed E-state index contributed by atoms with van der Waals surface area (Å²) in [5.74, 6) is -0.229. The van der Waals surface area contributed by atoms with Crippen LogP contribution in [0.15, 0.2) is 30.3 Å². The molecule has 0 radical (unpaired) electrons. The molecular weight excluding hydrogens is 338 g/mol. The van der Waals surface area contributed by atoms with Crippen molar-refractivity contribution in [2.45, 2.75) is 0 Å². The molecule has 0 bridgehead atoms. The molecule has 23 heavy (non-hydrogen) atoms. The van der Waals surface area contributed by atoms with Gasteiger partial charge in [0.05, 0.1) is 15.1 Å². The molecule has 118 valence electrons. The highest BCUT2D eigenvalue weighted by Crippen LogP contribution is 2.31. The third-order valence-electron chi connectivity index (χ3n) is 2.91. The number of benzene rings is 1. The number of thiazole rings is 1. The molecule has 0 fully saturated rings. The number of carbonyl (C=O) groups is 1. The van der Waals surface area contributed by atoms with Gasteiger partial charge in [-0.15, -0.1) is 0 Å². The van der Waals surface area contributed by atoms with Crippen LogP contribution in [0.3, 0.4) is 0 Å². The largest absolute Gasteiger partial charge is 0.422 e. The Balaban J connectivity index is 1.82. The number of anilines is 1. The maximum atomic E-state index is 12.0. The third-order valence-corrected chi connectivity index (χ3v) is 5.12. The molecule has 1 aromatic carbocycles. The Labute approximate surface area is 138 Å². The quantitative estimate of drug-likeness (QED) is 0.310. The van der Waals surface area contributed by atoms with Gasteiger partial charge in [0.1, 0.15) is 10.6 Å². The maximum Gasteiger partial charge on any atom is 0.353 e. The number of esters is 1. The summed E-state index contributed by atoms with van der Waals surface area (Å²) >= 11 is 2.28. The second kappa shape index (κ2) is 5.94. The Morgan fingerprint density at radius 3 is 2.70 bits per heavy atom. The molecule has 0 unspecified atom stereocenters. The van der Waals surface area contributed by atoms with Crippen LogP contribution in [-0.4, -0.2) is 30.0 Å². The van der Waals surface area contributed by atoms with E-state index in [2.05, 4.69) is 4.98 Å². The molecule has 0 aliphatic heterocycles. The minimum absolute atomic E-state index is 0.0921. The first-order chi connectivity index (χ1) is 10.9. The first kappa shape index (κ1) is 15.4. The minimum atomic E-state index is -0.611. The minimum Gasteiger partial charge on any atom is -0.422 e. The predicted octanol–water partition coefficient (Wildman–Crippen LogP) is 3.55. The maximum absolute atomic E-state index is 12.0. The summed E-state index contributed by atoms with van der Waals surface area (Å²) in [4.78, 5) is 28.7. The molecule has 0 atom stereocenters. The fourth-order valence-corrected chi connectivity index (χ4v) is 3.45. The number of carbonyl (C=O) groups excluding carboxylic acids is 1. The van der Waals surface area contributed by atoms with E-state index in [1.54, 1.807) is 18.2 Å². The van der Waals surface area contributed by atoms with Crippen molar-refractivity contribution in [3.05, 3.63) is 45.3 Å². The van der Waals surface area contributed by atoms with E-state index >= 15 is 0 Å². The highest BCUT2D eigenvalue weighted by Gasteiger charge is 2.17. The number of nitro groups is 1. The number of hydrogen-bond donors (Lipinski definition) is 0. The van der Waals surface area contributed by atoms with Crippen LogP contribution in [-0.2, 0) is 0 Å². The second-order valence-corrected chi connectivity index (χ2v) is 6.88. The first-order valence-corrected chi connectivity index (χ1v) is 8.11. The van der Waals surface area contributed by atoms with Gasteiger partial charge in [-0.2, -0.15) is 0 Å². The number of thiophene rings is 1. The molecule has 7 nitrogen and oxygen atoms in total. The van der Waals surface area contributed by atoms with Crippen molar-refractivity contribution in [1.29, 1.82) is 0 Å². The Morgan fingerprint density at radius 2 is 2.04 bits per heavy atom. The van der Waals surface area contributed by atoms with E-state index in [4.69, 9.17) is 4.74 Å². The molecule has 2 heterocycles. The first-order valence-electron chi connectivity index (χ1n) is 6.48. The topological polar surface area (TPSA) is 85.6 Å². The van der Waals surface area contributed by atoms with E-state index in [0.29, 0.717) is 5.75 Å². The van der Waals surface area contributed by atoms with E-state index < -0.39 is 10.9 Å². The highest BCUT2D eigenvalue weighted by molar-refractivity contribution is 7.22. The summed E-state index contributed by atoms with van der Waals surface area (Å²) < 4.78 is 6.18. The van der Waals surface area contributed by atoms with Crippen molar-refractivity contribution in [1.82, 2.24) is 4.98 Å². The summed E-state index contributed by atoms with van der Waals surface area (Å²) in [5.41, 5.74) is 0.824. The molecular formula is C14H11N3O4S2. The van der Waals surface area contributed by atoms with Crippen LogP contribution in [0.1, 0.15) is 9.67 Å². The zero-order valence-electron chi connectivity index (χ0n) is 12.2. The highest BCUT2D eigenvalue weighted by atomic mass is 32.1. The van der Waals surface area contributed by atoms with Crippen LogP contribution in [0.4, 0.5) is 10.1 Å². The molecule has 0 amide bonds. The van der Waals surface area contributed by atoms with E-state index in [0.717, 1.165) is 26.7 Å². The lowest BCUT2D eigenvalue weighted by atomic mass is 10.3. The van der Waals surface area contributed by atoms with Gasteiger partial charge in [-0.05, 0) is 18.2 Å². The number of fused-ring (bicyclic) bond motifs is 1. The molecule has 9 heteroatoms. The second-order valence-electron chi connectivity index (χ2n) is 4.80. The average molecular weight is 349 g/mol. The predicted molar refractivity (Wildman–Crippen MR) is 89.9 cm³/mol. The number of nitrogens with zero attached hydrogens (tertiary/aromatic N) is 3. The normalized spacial score (nSPS) is 10.7. The van der Waals surface area contributed by atoms with Gasteiger partial charge in [-0.25, -0.2) is 9.78 Å². The zero-order valence-corrected chi connectivity index (χ0v) is 13.8. The summed E-state index contributed by atoms with van der Waals surface area (Å²) in [6.07, 6.45) is 0. The van der Waals surface area contributed by atoms with Crippen molar-refractivity contribution < 1.29 is 14.5 Å². The van der Waals surface area contributed by atoms with Gasteiger partial charge >= 0.3 is 11.0 Å². The number of aromatic nitrogens is 1. The van der Waals surface area contributed by atoms with Crippen LogP contribution in [0, 0.1) is 10.1 Å². The fourth-order valence-electron chi connectivity index (χ4n) is 1.84. The van der Waals surface area contributed by atoms with Crippen LogP contribution < -0.4 is 9.64 Å². The van der Waals surface area contributed by atoms with Gasteiger partial charge in [0, 0.05) is 26.2 Å². The van der Waals surface area contributed by atoms with E-state index in [1.165, 1.54) is 23.5 Å². The van der Waals surface area contributed by atoms with Gasteiger partial charge in [-0.3, -0.25) is 10.1 Å². The molecule has 0 aliphatic rings. The molecule has 3 aromatic rings. The fraction of sp³-hybridized carbons (Fsp3) is 0.143. The molecule has 2 aromatic heterocycles.